The minimum atomic E-state index is -0.425. The molecule has 0 amide bonds. The van der Waals surface area contributed by atoms with E-state index in [0.29, 0.717) is 0 Å². The van der Waals surface area contributed by atoms with Crippen molar-refractivity contribution in [1.29, 1.82) is 0 Å². The molecular formula is C10H17FO. The molecule has 2 heteroatoms. The predicted octanol–water partition coefficient (Wildman–Crippen LogP) is 2.80. The van der Waals surface area contributed by atoms with Gasteiger partial charge in [0.15, 0.2) is 0 Å². The average molecular weight is 172 g/mol. The Labute approximate surface area is 73.3 Å². The molecule has 0 radical (unpaired) electrons. The third-order valence-corrected chi connectivity index (χ3v) is 2.55. The Kier molecular flexibility index (Phi) is 2.89. The monoisotopic (exact) mass is 172 g/mol. The number of hydrogen-bond donors (Lipinski definition) is 1. The van der Waals surface area contributed by atoms with E-state index < -0.39 is 6.61 Å². The fraction of sp³-hybridized carbons (Fsp3) is 0.800. The van der Waals surface area contributed by atoms with Gasteiger partial charge in [0.1, 0.15) is 5.83 Å². The molecule has 1 N–H and O–H groups in total. The van der Waals surface area contributed by atoms with Crippen LogP contribution in [0.4, 0.5) is 4.39 Å². The van der Waals surface area contributed by atoms with Crippen LogP contribution < -0.4 is 0 Å². The summed E-state index contributed by atoms with van der Waals surface area (Å²) in [6.45, 7) is 3.87. The highest BCUT2D eigenvalue weighted by Gasteiger charge is 2.25. The molecule has 0 aromatic heterocycles. The number of aliphatic hydroxyl groups is 1. The highest BCUT2D eigenvalue weighted by atomic mass is 19.1. The van der Waals surface area contributed by atoms with Gasteiger partial charge in [-0.1, -0.05) is 13.8 Å². The highest BCUT2D eigenvalue weighted by Crippen LogP contribution is 2.39. The maximum Gasteiger partial charge on any atom is 0.125 e. The summed E-state index contributed by atoms with van der Waals surface area (Å²) >= 11 is 0. The molecule has 1 saturated carbocycles. The highest BCUT2D eigenvalue weighted by molar-refractivity contribution is 5.12. The van der Waals surface area contributed by atoms with Crippen LogP contribution in [0.2, 0.25) is 0 Å². The summed E-state index contributed by atoms with van der Waals surface area (Å²) in [5.41, 5.74) is 1.05. The molecule has 0 saturated heterocycles. The molecule has 12 heavy (non-hydrogen) atoms. The lowest BCUT2D eigenvalue weighted by molar-refractivity contribution is 0.262. The van der Waals surface area contributed by atoms with Gasteiger partial charge in [0.2, 0.25) is 0 Å². The Hall–Kier alpha value is -0.370. The second kappa shape index (κ2) is 3.56. The predicted molar refractivity (Wildman–Crippen MR) is 47.5 cm³/mol. The standard InChI is InChI=1S/C10H17FO/c1-10(2)5-3-4-8(6-10)9(11)7-12/h12H,3-7H2,1-2H3/b9-8-. The summed E-state index contributed by atoms with van der Waals surface area (Å²) in [7, 11) is 0. The van der Waals surface area contributed by atoms with E-state index in [4.69, 9.17) is 5.11 Å². The van der Waals surface area contributed by atoms with Gasteiger partial charge in [-0.2, -0.15) is 0 Å². The summed E-state index contributed by atoms with van der Waals surface area (Å²) in [6.07, 6.45) is 3.85. The largest absolute Gasteiger partial charge is 0.389 e. The lowest BCUT2D eigenvalue weighted by atomic mass is 9.75. The summed E-state index contributed by atoms with van der Waals surface area (Å²) < 4.78 is 13.0. The summed E-state index contributed by atoms with van der Waals surface area (Å²) in [6, 6.07) is 0. The molecule has 0 unspecified atom stereocenters. The van der Waals surface area contributed by atoms with Gasteiger partial charge in [-0.25, -0.2) is 4.39 Å². The number of hydrogen-bond acceptors (Lipinski definition) is 1. The molecule has 0 spiro atoms. The van der Waals surface area contributed by atoms with Crippen molar-refractivity contribution < 1.29 is 9.50 Å². The van der Waals surface area contributed by atoms with Crippen LogP contribution in [-0.2, 0) is 0 Å². The fourth-order valence-electron chi connectivity index (χ4n) is 1.88. The molecule has 0 heterocycles. The molecule has 1 fully saturated rings. The van der Waals surface area contributed by atoms with Crippen LogP contribution in [0.25, 0.3) is 0 Å². The second-order valence-electron chi connectivity index (χ2n) is 4.36. The maximum absolute atomic E-state index is 13.0. The first-order valence-corrected chi connectivity index (χ1v) is 4.52. The van der Waals surface area contributed by atoms with Gasteiger partial charge < -0.3 is 5.11 Å². The third-order valence-electron chi connectivity index (χ3n) is 2.55. The topological polar surface area (TPSA) is 20.2 Å². The number of halogens is 1. The van der Waals surface area contributed by atoms with E-state index in [1.54, 1.807) is 0 Å². The first kappa shape index (κ1) is 9.72. The lowest BCUT2D eigenvalue weighted by Crippen LogP contribution is -2.18. The molecule has 0 bridgehead atoms. The van der Waals surface area contributed by atoms with E-state index in [1.165, 1.54) is 0 Å². The minimum Gasteiger partial charge on any atom is -0.389 e. The van der Waals surface area contributed by atoms with Gasteiger partial charge in [-0.15, -0.1) is 0 Å². The lowest BCUT2D eigenvalue weighted by Gasteiger charge is -2.31. The van der Waals surface area contributed by atoms with Crippen molar-refractivity contribution in [2.45, 2.75) is 39.5 Å². The van der Waals surface area contributed by atoms with Crippen LogP contribution in [-0.4, -0.2) is 11.7 Å². The van der Waals surface area contributed by atoms with Crippen molar-refractivity contribution in [1.82, 2.24) is 0 Å². The minimum absolute atomic E-state index is 0.222. The molecule has 1 nitrogen and oxygen atoms in total. The van der Waals surface area contributed by atoms with Crippen molar-refractivity contribution >= 4 is 0 Å². The van der Waals surface area contributed by atoms with Crippen molar-refractivity contribution in [3.05, 3.63) is 11.4 Å². The molecule has 0 aliphatic heterocycles. The molecular weight excluding hydrogens is 155 g/mol. The zero-order chi connectivity index (χ0) is 9.19. The number of allylic oxidation sites excluding steroid dienone is 1. The van der Waals surface area contributed by atoms with Crippen LogP contribution in [0, 0.1) is 5.41 Å². The first-order valence-electron chi connectivity index (χ1n) is 4.52. The van der Waals surface area contributed by atoms with Gasteiger partial charge >= 0.3 is 0 Å². The summed E-state index contributed by atoms with van der Waals surface area (Å²) in [4.78, 5) is 0. The van der Waals surface area contributed by atoms with Gasteiger partial charge in [0.05, 0.1) is 6.61 Å². The Morgan fingerprint density at radius 1 is 1.58 bits per heavy atom. The van der Waals surface area contributed by atoms with Crippen LogP contribution >= 0.6 is 0 Å². The summed E-state index contributed by atoms with van der Waals surface area (Å²) in [5.74, 6) is -0.303. The third kappa shape index (κ3) is 2.31. The van der Waals surface area contributed by atoms with E-state index in [9.17, 15) is 4.39 Å². The normalized spacial score (nSPS) is 27.0. The van der Waals surface area contributed by atoms with E-state index in [0.717, 1.165) is 31.3 Å². The fourth-order valence-corrected chi connectivity index (χ4v) is 1.88. The van der Waals surface area contributed by atoms with Crippen LogP contribution in [0.3, 0.4) is 0 Å². The maximum atomic E-state index is 13.0. The molecule has 0 aromatic carbocycles. The van der Waals surface area contributed by atoms with Crippen molar-refractivity contribution in [2.75, 3.05) is 6.61 Å². The molecule has 0 atom stereocenters. The molecule has 0 aromatic rings. The average Bonchev–Trinajstić information content (AvgIpc) is 2.01. The van der Waals surface area contributed by atoms with Gasteiger partial charge in [-0.3, -0.25) is 0 Å². The van der Waals surface area contributed by atoms with Crippen LogP contribution in [0.1, 0.15) is 39.5 Å². The van der Waals surface area contributed by atoms with Crippen molar-refractivity contribution in [3.63, 3.8) is 0 Å². The molecule has 1 aliphatic carbocycles. The molecule has 70 valence electrons. The Bertz CT molecular complexity index is 194. The van der Waals surface area contributed by atoms with E-state index in [2.05, 4.69) is 13.8 Å². The summed E-state index contributed by atoms with van der Waals surface area (Å²) in [5, 5.41) is 8.62. The quantitative estimate of drug-likeness (QED) is 0.644. The molecule has 1 aliphatic rings. The zero-order valence-corrected chi connectivity index (χ0v) is 7.86. The smallest absolute Gasteiger partial charge is 0.125 e. The zero-order valence-electron chi connectivity index (χ0n) is 7.86. The van der Waals surface area contributed by atoms with Gasteiger partial charge in [0.25, 0.3) is 0 Å². The van der Waals surface area contributed by atoms with Crippen LogP contribution in [0.15, 0.2) is 11.4 Å². The molecule has 1 rings (SSSR count). The van der Waals surface area contributed by atoms with Gasteiger partial charge in [0, 0.05) is 0 Å². The Balaban J connectivity index is 2.69. The number of rotatable bonds is 1. The second-order valence-corrected chi connectivity index (χ2v) is 4.36. The van der Waals surface area contributed by atoms with E-state index >= 15 is 0 Å². The van der Waals surface area contributed by atoms with Crippen molar-refractivity contribution in [3.8, 4) is 0 Å². The SMILES string of the molecule is CC1(C)CCC/C(=C(/F)CO)C1. The van der Waals surface area contributed by atoms with Crippen LogP contribution in [0.5, 0.6) is 0 Å². The van der Waals surface area contributed by atoms with E-state index in [1.807, 2.05) is 0 Å². The Morgan fingerprint density at radius 2 is 2.25 bits per heavy atom. The first-order chi connectivity index (χ1) is 5.55. The van der Waals surface area contributed by atoms with Gasteiger partial charge in [-0.05, 0) is 36.7 Å². The van der Waals surface area contributed by atoms with Crippen molar-refractivity contribution in [2.24, 2.45) is 5.41 Å². The Morgan fingerprint density at radius 3 is 2.75 bits per heavy atom. The van der Waals surface area contributed by atoms with E-state index in [-0.39, 0.29) is 11.2 Å². The number of aliphatic hydroxyl groups excluding tert-OH is 1.